The van der Waals surface area contributed by atoms with Gasteiger partial charge in [-0.3, -0.25) is 9.59 Å². The van der Waals surface area contributed by atoms with Crippen LogP contribution in [0.25, 0.3) is 10.6 Å². The molecule has 3 heterocycles. The monoisotopic (exact) mass is 472 g/mol. The minimum absolute atomic E-state index is 0.0260. The molecule has 0 fully saturated rings. The van der Waals surface area contributed by atoms with E-state index in [0.29, 0.717) is 36.2 Å². The predicted octanol–water partition coefficient (Wildman–Crippen LogP) is 3.24. The number of amides is 1. The highest BCUT2D eigenvalue weighted by Gasteiger charge is 2.39. The molecule has 0 saturated carbocycles. The Kier molecular flexibility index (Phi) is 6.57. The molecule has 1 amide bonds. The third kappa shape index (κ3) is 4.28. The number of benzene rings is 1. The maximum absolute atomic E-state index is 13.2. The van der Waals surface area contributed by atoms with E-state index < -0.39 is 17.1 Å². The molecule has 0 aliphatic carbocycles. The first-order valence-corrected chi connectivity index (χ1v) is 11.6. The van der Waals surface area contributed by atoms with Gasteiger partial charge in [0.15, 0.2) is 16.5 Å². The Morgan fingerprint density at radius 2 is 1.91 bits per heavy atom. The number of nitrogens with zero attached hydrogens (tertiary/aromatic N) is 4. The van der Waals surface area contributed by atoms with Crippen LogP contribution in [0.4, 0.5) is 4.39 Å². The average Bonchev–Trinajstić information content (AvgIpc) is 3.26. The molecule has 1 aliphatic heterocycles. The number of ether oxygens (including phenoxy) is 1. The Hall–Kier alpha value is -3.11. The van der Waals surface area contributed by atoms with Gasteiger partial charge in [0.25, 0.3) is 5.91 Å². The largest absolute Gasteiger partial charge is 0.503 e. The molecule has 0 spiro atoms. The summed E-state index contributed by atoms with van der Waals surface area (Å²) in [5, 5.41) is 20.0. The maximum Gasteiger partial charge on any atom is 0.274 e. The van der Waals surface area contributed by atoms with Gasteiger partial charge in [0.05, 0.1) is 24.3 Å². The lowest BCUT2D eigenvalue weighted by Crippen LogP contribution is -2.52. The molecule has 33 heavy (non-hydrogen) atoms. The van der Waals surface area contributed by atoms with E-state index in [9.17, 15) is 19.1 Å². The molecule has 1 aliphatic rings. The van der Waals surface area contributed by atoms with Crippen LogP contribution in [0, 0.1) is 5.82 Å². The lowest BCUT2D eigenvalue weighted by Gasteiger charge is -2.41. The van der Waals surface area contributed by atoms with Crippen molar-refractivity contribution in [2.75, 3.05) is 19.8 Å². The first-order valence-electron chi connectivity index (χ1n) is 10.8. The summed E-state index contributed by atoms with van der Waals surface area (Å²) in [6.07, 6.45) is 2.01. The predicted molar refractivity (Wildman–Crippen MR) is 122 cm³/mol. The Labute approximate surface area is 194 Å². The molecular weight excluding hydrogens is 447 g/mol. The van der Waals surface area contributed by atoms with Crippen molar-refractivity contribution in [3.05, 3.63) is 62.8 Å². The molecule has 4 rings (SSSR count). The van der Waals surface area contributed by atoms with Crippen LogP contribution >= 0.6 is 11.3 Å². The highest BCUT2D eigenvalue weighted by molar-refractivity contribution is 7.14. The summed E-state index contributed by atoms with van der Waals surface area (Å²) in [5.74, 6) is -1.31. The first kappa shape index (κ1) is 23.1. The van der Waals surface area contributed by atoms with Gasteiger partial charge in [0.1, 0.15) is 10.8 Å². The smallest absolute Gasteiger partial charge is 0.274 e. The van der Waals surface area contributed by atoms with Gasteiger partial charge in [0.2, 0.25) is 5.43 Å². The van der Waals surface area contributed by atoms with Crippen molar-refractivity contribution < 1.29 is 19.0 Å². The molecule has 8 nitrogen and oxygen atoms in total. The Morgan fingerprint density at radius 1 is 1.18 bits per heavy atom. The van der Waals surface area contributed by atoms with Crippen molar-refractivity contribution in [2.45, 2.75) is 39.3 Å². The fourth-order valence-corrected chi connectivity index (χ4v) is 4.97. The van der Waals surface area contributed by atoms with E-state index in [2.05, 4.69) is 10.2 Å². The molecule has 0 bridgehead atoms. The van der Waals surface area contributed by atoms with Gasteiger partial charge < -0.3 is 19.3 Å². The number of hydrogen-bond acceptors (Lipinski definition) is 7. The van der Waals surface area contributed by atoms with Crippen LogP contribution in [0.3, 0.4) is 0 Å². The van der Waals surface area contributed by atoms with E-state index in [4.69, 9.17) is 4.74 Å². The number of fused-ring (bicyclic) bond motifs is 1. The van der Waals surface area contributed by atoms with Gasteiger partial charge >= 0.3 is 0 Å². The third-order valence-corrected chi connectivity index (χ3v) is 6.83. The van der Waals surface area contributed by atoms with Crippen LogP contribution in [-0.4, -0.2) is 56.5 Å². The zero-order chi connectivity index (χ0) is 23.7. The molecule has 2 aromatic heterocycles. The number of aromatic hydroxyl groups is 1. The van der Waals surface area contributed by atoms with Crippen LogP contribution in [0.2, 0.25) is 0 Å². The number of rotatable bonds is 7. The quantitative estimate of drug-likeness (QED) is 0.567. The van der Waals surface area contributed by atoms with E-state index in [0.717, 1.165) is 5.56 Å². The summed E-state index contributed by atoms with van der Waals surface area (Å²) >= 11 is 1.22. The van der Waals surface area contributed by atoms with Gasteiger partial charge in [-0.1, -0.05) is 23.5 Å². The number of hydrogen-bond donors (Lipinski definition) is 1. The number of halogens is 1. The van der Waals surface area contributed by atoms with Crippen LogP contribution in [-0.2, 0) is 11.2 Å². The second kappa shape index (κ2) is 9.40. The van der Waals surface area contributed by atoms with Crippen molar-refractivity contribution in [2.24, 2.45) is 0 Å². The fraction of sp³-hybridized carbons (Fsp3) is 0.391. The molecule has 0 radical (unpaired) electrons. The normalized spacial score (nSPS) is 17.9. The number of carbonyl (C=O) groups excluding carboxylic acids is 1. The van der Waals surface area contributed by atoms with Crippen molar-refractivity contribution in [3.8, 4) is 16.3 Å². The molecule has 3 aromatic rings. The standard InChI is InChI=1S/C23H25FN4O4S/c1-4-27-17(12-32-5-2)13(3)28-11-16(20(29)21(30)19(28)23(27)31)22-26-25-18(33-22)10-14-6-8-15(24)9-7-14/h6-9,11,13,17,30H,4-5,10,12H2,1-3H3/t13-,17-/m1/s1. The van der Waals surface area contributed by atoms with Crippen molar-refractivity contribution in [1.29, 1.82) is 0 Å². The van der Waals surface area contributed by atoms with Gasteiger partial charge in [0, 0.05) is 25.8 Å². The number of carbonyl (C=O) groups is 1. The minimum Gasteiger partial charge on any atom is -0.503 e. The Morgan fingerprint density at radius 3 is 2.58 bits per heavy atom. The van der Waals surface area contributed by atoms with Gasteiger partial charge in [-0.25, -0.2) is 4.39 Å². The number of aromatic nitrogens is 3. The molecule has 2 atom stereocenters. The van der Waals surface area contributed by atoms with Crippen LogP contribution in [0.15, 0.2) is 35.3 Å². The highest BCUT2D eigenvalue weighted by atomic mass is 32.1. The summed E-state index contributed by atoms with van der Waals surface area (Å²) in [4.78, 5) is 27.7. The van der Waals surface area contributed by atoms with E-state index >= 15 is 0 Å². The van der Waals surface area contributed by atoms with E-state index in [1.165, 1.54) is 23.5 Å². The second-order valence-electron chi connectivity index (χ2n) is 7.84. The highest BCUT2D eigenvalue weighted by Crippen LogP contribution is 2.33. The first-order chi connectivity index (χ1) is 15.8. The molecule has 1 N–H and O–H groups in total. The molecule has 174 valence electrons. The Balaban J connectivity index is 1.72. The lowest BCUT2D eigenvalue weighted by atomic mass is 10.0. The summed E-state index contributed by atoms with van der Waals surface area (Å²) in [6.45, 7) is 6.96. The number of likely N-dealkylation sites (N-methyl/N-ethyl adjacent to an activating group) is 1. The Bertz CT molecular complexity index is 1220. The minimum atomic E-state index is -0.661. The maximum atomic E-state index is 13.2. The van der Waals surface area contributed by atoms with Gasteiger partial charge in [-0.2, -0.15) is 0 Å². The molecule has 10 heteroatoms. The average molecular weight is 473 g/mol. The van der Waals surface area contributed by atoms with Crippen molar-refractivity contribution >= 4 is 17.2 Å². The molecular formula is C23H25FN4O4S. The number of pyridine rings is 1. The van der Waals surface area contributed by atoms with E-state index in [-0.39, 0.29) is 29.2 Å². The van der Waals surface area contributed by atoms with E-state index in [1.807, 2.05) is 20.8 Å². The topological polar surface area (TPSA) is 97.5 Å². The summed E-state index contributed by atoms with van der Waals surface area (Å²) in [6, 6.07) is 5.61. The molecule has 0 saturated heterocycles. The van der Waals surface area contributed by atoms with Crippen molar-refractivity contribution in [3.63, 3.8) is 0 Å². The fourth-order valence-electron chi connectivity index (χ4n) is 4.09. The second-order valence-corrected chi connectivity index (χ2v) is 8.90. The molecule has 0 unspecified atom stereocenters. The zero-order valence-corrected chi connectivity index (χ0v) is 19.4. The molecule has 1 aromatic carbocycles. The summed E-state index contributed by atoms with van der Waals surface area (Å²) in [7, 11) is 0. The SMILES string of the molecule is CCOC[C@@H]1[C@@H](C)n2cc(-c3nnc(Cc4ccc(F)cc4)s3)c(=O)c(O)c2C(=O)N1CC. The van der Waals surface area contributed by atoms with Crippen LogP contribution in [0.5, 0.6) is 5.75 Å². The summed E-state index contributed by atoms with van der Waals surface area (Å²) in [5.41, 5.74) is 0.355. The van der Waals surface area contributed by atoms with Gasteiger partial charge in [-0.05, 0) is 38.5 Å². The van der Waals surface area contributed by atoms with Crippen LogP contribution < -0.4 is 5.43 Å². The van der Waals surface area contributed by atoms with Crippen molar-refractivity contribution in [1.82, 2.24) is 19.7 Å². The summed E-state index contributed by atoms with van der Waals surface area (Å²) < 4.78 is 20.4. The van der Waals surface area contributed by atoms with Crippen LogP contribution in [0.1, 0.15) is 47.9 Å². The lowest BCUT2D eigenvalue weighted by molar-refractivity contribution is 0.0242. The third-order valence-electron chi connectivity index (χ3n) is 5.87. The van der Waals surface area contributed by atoms with Gasteiger partial charge in [-0.15, -0.1) is 10.2 Å². The van der Waals surface area contributed by atoms with E-state index in [1.54, 1.807) is 27.8 Å². The zero-order valence-electron chi connectivity index (χ0n) is 18.6.